The van der Waals surface area contributed by atoms with Crippen molar-refractivity contribution >= 4 is 27.6 Å². The van der Waals surface area contributed by atoms with Crippen molar-refractivity contribution in [3.8, 4) is 0 Å². The Balaban J connectivity index is 1.63. The molecule has 2 aliphatic rings. The van der Waals surface area contributed by atoms with E-state index in [0.29, 0.717) is 24.1 Å². The number of sulfonamides is 1. The number of carbonyl (C=O) groups excluding carboxylic acids is 1. The fraction of sp³-hybridized carbons (Fsp3) is 0.448. The van der Waals surface area contributed by atoms with Gasteiger partial charge in [-0.25, -0.2) is 14.7 Å². The molecule has 1 unspecified atom stereocenters. The summed E-state index contributed by atoms with van der Waals surface area (Å²) in [7, 11) is -4.24. The van der Waals surface area contributed by atoms with E-state index in [9.17, 15) is 13.2 Å². The lowest BCUT2D eigenvalue weighted by molar-refractivity contribution is 0.0981. The molecule has 9 nitrogen and oxygen atoms in total. The Hall–Kier alpha value is -3.53. The number of amides is 1. The first-order chi connectivity index (χ1) is 18.3. The lowest BCUT2D eigenvalue weighted by atomic mass is 9.90. The molecule has 0 saturated carbocycles. The Bertz CT molecular complexity index is 1480. The highest BCUT2D eigenvalue weighted by molar-refractivity contribution is 7.90. The smallest absolute Gasteiger partial charge is 0.281 e. The molecule has 0 radical (unpaired) electrons. The van der Waals surface area contributed by atoms with Gasteiger partial charge in [-0.05, 0) is 74.9 Å². The summed E-state index contributed by atoms with van der Waals surface area (Å²) < 4.78 is 28.9. The molecule has 5 heterocycles. The third-order valence-corrected chi connectivity index (χ3v) is 8.83. The van der Waals surface area contributed by atoms with Crippen LogP contribution in [-0.2, 0) is 15.4 Å². The summed E-state index contributed by atoms with van der Waals surface area (Å²) in [5.74, 6) is 0.561. The Morgan fingerprint density at radius 1 is 1.03 bits per heavy atom. The van der Waals surface area contributed by atoms with E-state index in [1.54, 1.807) is 30.5 Å². The third kappa shape index (κ3) is 5.61. The quantitative estimate of drug-likeness (QED) is 0.444. The van der Waals surface area contributed by atoms with Crippen LogP contribution in [0.2, 0.25) is 0 Å². The van der Waals surface area contributed by atoms with Crippen LogP contribution in [-0.4, -0.2) is 41.4 Å². The summed E-state index contributed by atoms with van der Waals surface area (Å²) in [5, 5.41) is 3.19. The summed E-state index contributed by atoms with van der Waals surface area (Å²) in [4.78, 5) is 29.3. The largest absolute Gasteiger partial charge is 0.363 e. The molecule has 3 aromatic rings. The van der Waals surface area contributed by atoms with Crippen LogP contribution in [0.5, 0.6) is 0 Å². The van der Waals surface area contributed by atoms with Crippen LogP contribution >= 0.6 is 0 Å². The number of carbonyl (C=O) groups is 1. The molecule has 4 bridgehead atoms. The van der Waals surface area contributed by atoms with Crippen molar-refractivity contribution in [2.45, 2.75) is 75.9 Å². The third-order valence-electron chi connectivity index (χ3n) is 7.60. The fourth-order valence-corrected chi connectivity index (χ4v) is 6.50. The summed E-state index contributed by atoms with van der Waals surface area (Å²) in [5.41, 5.74) is 1.55. The second-order valence-corrected chi connectivity index (χ2v) is 13.8. The van der Waals surface area contributed by atoms with Crippen molar-refractivity contribution in [2.75, 3.05) is 16.8 Å². The minimum Gasteiger partial charge on any atom is -0.363 e. The van der Waals surface area contributed by atoms with Crippen LogP contribution < -0.4 is 14.9 Å². The monoisotopic (exact) mass is 548 g/mol. The van der Waals surface area contributed by atoms with Crippen molar-refractivity contribution in [3.05, 3.63) is 71.7 Å². The second kappa shape index (κ2) is 9.89. The molecule has 3 aromatic heterocycles. The number of hydrogen-bond donors (Lipinski definition) is 2. The molecular weight excluding hydrogens is 512 g/mol. The molecule has 5 rings (SSSR count). The number of nitrogens with one attached hydrogen (secondary N) is 2. The lowest BCUT2D eigenvalue weighted by Gasteiger charge is -2.34. The van der Waals surface area contributed by atoms with Gasteiger partial charge in [0, 0.05) is 35.6 Å². The van der Waals surface area contributed by atoms with Crippen molar-refractivity contribution in [2.24, 2.45) is 5.92 Å². The van der Waals surface area contributed by atoms with E-state index in [1.807, 2.05) is 18.3 Å². The van der Waals surface area contributed by atoms with E-state index in [0.717, 1.165) is 30.5 Å². The number of pyridine rings is 3. The lowest BCUT2D eigenvalue weighted by Crippen LogP contribution is -2.41. The highest BCUT2D eigenvalue weighted by atomic mass is 32.2. The SMILES string of the molecule is CC(C)(C)c1ccc2c(n1)N1C[C@@H](CCC(c3cccnc3)Nc3cccc(n3)S(=O)(=O)NC2=O)CC1(C)C. The zero-order valence-electron chi connectivity index (χ0n) is 23.1. The summed E-state index contributed by atoms with van der Waals surface area (Å²) in [6, 6.07) is 12.0. The van der Waals surface area contributed by atoms with Gasteiger partial charge < -0.3 is 10.2 Å². The standard InChI is InChI=1S/C29H36N6O3S/c1-28(2,3)23-14-12-21-26(32-23)35-18-19(16-29(35,4)5)11-13-22(20-8-7-15-30-17-20)31-24-9-6-10-25(33-24)39(37,38)34-27(21)36/h6-10,12,14-15,17,19,22H,11,13,16,18H2,1-5H3,(H,31,33)(H,34,36)/t19-,22?/m0/s1. The minimum atomic E-state index is -4.24. The topological polar surface area (TPSA) is 117 Å². The van der Waals surface area contributed by atoms with Crippen molar-refractivity contribution < 1.29 is 13.2 Å². The maximum atomic E-state index is 13.5. The maximum Gasteiger partial charge on any atom is 0.281 e. The molecule has 10 heteroatoms. The van der Waals surface area contributed by atoms with Crippen LogP contribution in [0.15, 0.2) is 59.9 Å². The first-order valence-corrected chi connectivity index (χ1v) is 14.8. The van der Waals surface area contributed by atoms with Crippen LogP contribution in [0.3, 0.4) is 0 Å². The first kappa shape index (κ1) is 27.1. The van der Waals surface area contributed by atoms with E-state index in [1.165, 1.54) is 6.07 Å². The molecule has 0 aromatic carbocycles. The summed E-state index contributed by atoms with van der Waals surface area (Å²) in [6.07, 6.45) is 6.20. The Morgan fingerprint density at radius 2 is 1.82 bits per heavy atom. The summed E-state index contributed by atoms with van der Waals surface area (Å²) >= 11 is 0. The van der Waals surface area contributed by atoms with Crippen molar-refractivity contribution in [1.29, 1.82) is 0 Å². The molecule has 0 aliphatic carbocycles. The molecule has 39 heavy (non-hydrogen) atoms. The molecule has 1 fully saturated rings. The van der Waals surface area contributed by atoms with Gasteiger partial charge in [-0.2, -0.15) is 8.42 Å². The van der Waals surface area contributed by atoms with E-state index >= 15 is 0 Å². The van der Waals surface area contributed by atoms with Crippen LogP contribution in [0, 0.1) is 5.92 Å². The Labute approximate surface area is 230 Å². The minimum absolute atomic E-state index is 0.112. The molecule has 2 aliphatic heterocycles. The van der Waals surface area contributed by atoms with Gasteiger partial charge in [0.05, 0.1) is 11.6 Å². The van der Waals surface area contributed by atoms with Gasteiger partial charge in [0.1, 0.15) is 11.6 Å². The van der Waals surface area contributed by atoms with Gasteiger partial charge in [-0.15, -0.1) is 0 Å². The van der Waals surface area contributed by atoms with Gasteiger partial charge in [-0.1, -0.05) is 32.9 Å². The average molecular weight is 549 g/mol. The maximum absolute atomic E-state index is 13.5. The van der Waals surface area contributed by atoms with Gasteiger partial charge in [-0.3, -0.25) is 9.78 Å². The zero-order valence-corrected chi connectivity index (χ0v) is 23.9. The molecule has 2 N–H and O–H groups in total. The number of aromatic nitrogens is 3. The molecule has 206 valence electrons. The molecule has 2 atom stereocenters. The van der Waals surface area contributed by atoms with Crippen LogP contribution in [0.25, 0.3) is 0 Å². The highest BCUT2D eigenvalue weighted by Crippen LogP contribution is 2.41. The van der Waals surface area contributed by atoms with Gasteiger partial charge >= 0.3 is 0 Å². The molecule has 1 amide bonds. The van der Waals surface area contributed by atoms with E-state index in [2.05, 4.69) is 59.5 Å². The second-order valence-electron chi connectivity index (χ2n) is 12.2. The van der Waals surface area contributed by atoms with E-state index in [-0.39, 0.29) is 27.6 Å². The average Bonchev–Trinajstić information content (AvgIpc) is 3.19. The predicted molar refractivity (Wildman–Crippen MR) is 151 cm³/mol. The van der Waals surface area contributed by atoms with E-state index in [4.69, 9.17) is 4.98 Å². The van der Waals surface area contributed by atoms with Crippen LogP contribution in [0.1, 0.15) is 81.5 Å². The van der Waals surface area contributed by atoms with Gasteiger partial charge in [0.15, 0.2) is 5.03 Å². The first-order valence-electron chi connectivity index (χ1n) is 13.3. The Morgan fingerprint density at radius 3 is 2.54 bits per heavy atom. The van der Waals surface area contributed by atoms with Gasteiger partial charge in [0.2, 0.25) is 0 Å². The van der Waals surface area contributed by atoms with Crippen molar-refractivity contribution in [1.82, 2.24) is 19.7 Å². The van der Waals surface area contributed by atoms with Crippen LogP contribution in [0.4, 0.5) is 11.6 Å². The summed E-state index contributed by atoms with van der Waals surface area (Å²) in [6.45, 7) is 11.2. The molecule has 1 saturated heterocycles. The Kier molecular flexibility index (Phi) is 6.86. The number of anilines is 2. The molecule has 0 spiro atoms. The van der Waals surface area contributed by atoms with Crippen molar-refractivity contribution in [3.63, 3.8) is 0 Å². The zero-order chi connectivity index (χ0) is 28.0. The van der Waals surface area contributed by atoms with Gasteiger partial charge in [0.25, 0.3) is 15.9 Å². The fourth-order valence-electron chi connectivity index (χ4n) is 5.56. The highest BCUT2D eigenvalue weighted by Gasteiger charge is 2.41. The number of nitrogens with zero attached hydrogens (tertiary/aromatic N) is 4. The number of rotatable bonds is 1. The van der Waals surface area contributed by atoms with E-state index < -0.39 is 15.9 Å². The predicted octanol–water partition coefficient (Wildman–Crippen LogP) is 4.84. The number of fused-ring (bicyclic) bond motifs is 6. The molecular formula is C29H36N6O3S. The normalized spacial score (nSPS) is 22.6. The number of hydrogen-bond acceptors (Lipinski definition) is 8.